The highest BCUT2D eigenvalue weighted by atomic mass is 32.1. The Hall–Kier alpha value is -6.06. The number of carboxylic acid groups (broad SMARTS) is 1. The number of carbonyl (C=O) groups is 1. The van der Waals surface area contributed by atoms with Crippen molar-refractivity contribution in [3.8, 4) is 22.9 Å². The zero-order valence-corrected chi connectivity index (χ0v) is 29.3. The molecule has 4 aromatic carbocycles. The summed E-state index contributed by atoms with van der Waals surface area (Å²) in [5.74, 6) is -5.33. The fraction of sp³-hybridized carbons (Fsp3) is 0.184. The Labute approximate surface area is 304 Å². The van der Waals surface area contributed by atoms with Gasteiger partial charge in [0.15, 0.2) is 29.0 Å². The highest BCUT2D eigenvalue weighted by molar-refractivity contribution is 7.13. The van der Waals surface area contributed by atoms with Crippen molar-refractivity contribution < 1.29 is 37.3 Å². The number of rotatable bonds is 15. The summed E-state index contributed by atoms with van der Waals surface area (Å²) in [4.78, 5) is 40.8. The van der Waals surface area contributed by atoms with Crippen molar-refractivity contribution in [2.24, 2.45) is 0 Å². The van der Waals surface area contributed by atoms with Gasteiger partial charge in [-0.2, -0.15) is 0 Å². The van der Waals surface area contributed by atoms with Gasteiger partial charge in [0.1, 0.15) is 17.2 Å². The average molecular weight is 747 g/mol. The summed E-state index contributed by atoms with van der Waals surface area (Å²) in [5, 5.41) is 16.1. The first-order valence-corrected chi connectivity index (χ1v) is 17.1. The predicted octanol–water partition coefficient (Wildman–Crippen LogP) is 5.85. The highest BCUT2D eigenvalue weighted by Crippen LogP contribution is 2.34. The third-order valence-corrected chi connectivity index (χ3v) is 9.37. The van der Waals surface area contributed by atoms with Crippen LogP contribution in [0.25, 0.3) is 16.6 Å². The van der Waals surface area contributed by atoms with Gasteiger partial charge in [0, 0.05) is 37.1 Å². The van der Waals surface area contributed by atoms with Crippen LogP contribution in [0.15, 0.2) is 99.9 Å². The second-order valence-corrected chi connectivity index (χ2v) is 12.6. The van der Waals surface area contributed by atoms with Crippen LogP contribution in [0.1, 0.15) is 26.4 Å². The van der Waals surface area contributed by atoms with Crippen LogP contribution in [0.3, 0.4) is 0 Å². The maximum absolute atomic E-state index is 16.0. The summed E-state index contributed by atoms with van der Waals surface area (Å²) in [5.41, 5.74) is -1.11. The van der Waals surface area contributed by atoms with Gasteiger partial charge in [-0.05, 0) is 23.3 Å². The van der Waals surface area contributed by atoms with Crippen LogP contribution < -0.4 is 35.8 Å². The number of benzene rings is 4. The Balaban J connectivity index is 1.49. The Morgan fingerprint density at radius 2 is 1.55 bits per heavy atom. The molecule has 0 fully saturated rings. The van der Waals surface area contributed by atoms with Gasteiger partial charge in [-0.3, -0.25) is 4.79 Å². The molecule has 11 nitrogen and oxygen atoms in total. The molecule has 2 aromatic heterocycles. The largest absolute Gasteiger partial charge is 0.496 e. The van der Waals surface area contributed by atoms with Crippen molar-refractivity contribution >= 4 is 28.2 Å². The first-order valence-electron chi connectivity index (χ1n) is 16.2. The van der Waals surface area contributed by atoms with Gasteiger partial charge in [-0.15, -0.1) is 11.3 Å². The SMILES string of the molecule is COc1cc(F)c(-n2c(=O)c3c(C(=O)O)scc3n(N(CCNCc3ccccc3)Cc3ccccc3)c2=O)cc1OCc1c(OC)ccc(F)c1F. The van der Waals surface area contributed by atoms with E-state index in [0.29, 0.717) is 17.7 Å². The van der Waals surface area contributed by atoms with E-state index in [1.54, 1.807) is 5.01 Å². The van der Waals surface area contributed by atoms with Crippen LogP contribution in [-0.4, -0.2) is 47.6 Å². The third kappa shape index (κ3) is 7.61. The van der Waals surface area contributed by atoms with E-state index in [9.17, 15) is 28.3 Å². The van der Waals surface area contributed by atoms with Crippen molar-refractivity contribution in [2.75, 3.05) is 32.3 Å². The second kappa shape index (κ2) is 16.1. The average Bonchev–Trinajstić information content (AvgIpc) is 3.61. The zero-order valence-electron chi connectivity index (χ0n) is 28.5. The Morgan fingerprint density at radius 3 is 2.21 bits per heavy atom. The molecule has 0 spiro atoms. The lowest BCUT2D eigenvalue weighted by atomic mass is 10.2. The van der Waals surface area contributed by atoms with E-state index in [0.717, 1.165) is 40.7 Å². The van der Waals surface area contributed by atoms with Crippen molar-refractivity contribution in [3.05, 3.63) is 150 Å². The van der Waals surface area contributed by atoms with Crippen LogP contribution in [0, 0.1) is 17.5 Å². The van der Waals surface area contributed by atoms with E-state index in [1.807, 2.05) is 60.7 Å². The summed E-state index contributed by atoms with van der Waals surface area (Å²) < 4.78 is 62.8. The molecule has 0 aliphatic rings. The summed E-state index contributed by atoms with van der Waals surface area (Å²) >= 11 is 0.755. The number of fused-ring (bicyclic) bond motifs is 1. The zero-order chi connectivity index (χ0) is 37.6. The van der Waals surface area contributed by atoms with E-state index in [4.69, 9.17) is 14.2 Å². The highest BCUT2D eigenvalue weighted by Gasteiger charge is 2.27. The molecule has 0 atom stereocenters. The number of methoxy groups -OCH3 is 2. The Kier molecular flexibility index (Phi) is 11.1. The lowest BCUT2D eigenvalue weighted by Crippen LogP contribution is -2.50. The molecule has 0 aliphatic heterocycles. The molecule has 0 aliphatic carbocycles. The first-order chi connectivity index (χ1) is 25.6. The van der Waals surface area contributed by atoms with Gasteiger partial charge in [-0.1, -0.05) is 60.7 Å². The monoisotopic (exact) mass is 746 g/mol. The van der Waals surface area contributed by atoms with Gasteiger partial charge in [-0.25, -0.2) is 32.0 Å². The number of ether oxygens (including phenoxy) is 3. The topological polar surface area (TPSA) is 124 Å². The van der Waals surface area contributed by atoms with Gasteiger partial charge in [0.2, 0.25) is 0 Å². The van der Waals surface area contributed by atoms with Crippen molar-refractivity contribution in [2.45, 2.75) is 19.7 Å². The fourth-order valence-corrected chi connectivity index (χ4v) is 6.71. The van der Waals surface area contributed by atoms with Crippen LogP contribution in [0.5, 0.6) is 17.2 Å². The number of aromatic carboxylic acids is 1. The number of halogens is 3. The molecule has 0 unspecified atom stereocenters. The second-order valence-electron chi connectivity index (χ2n) is 11.7. The minimum Gasteiger partial charge on any atom is -0.496 e. The van der Waals surface area contributed by atoms with Crippen LogP contribution >= 0.6 is 11.3 Å². The van der Waals surface area contributed by atoms with Gasteiger partial charge in [0.25, 0.3) is 5.56 Å². The normalized spacial score (nSPS) is 11.1. The molecular formula is C38H33F3N4O7S. The molecule has 0 saturated heterocycles. The van der Waals surface area contributed by atoms with Gasteiger partial charge in [0.05, 0.1) is 42.9 Å². The van der Waals surface area contributed by atoms with Crippen LogP contribution in [0.4, 0.5) is 13.2 Å². The number of nitrogens with one attached hydrogen (secondary N) is 1. The van der Waals surface area contributed by atoms with Crippen molar-refractivity contribution in [1.29, 1.82) is 0 Å². The molecule has 6 rings (SSSR count). The van der Waals surface area contributed by atoms with Gasteiger partial charge < -0.3 is 29.6 Å². The number of hydrogen-bond donors (Lipinski definition) is 2. The first kappa shape index (κ1) is 36.7. The number of carboxylic acids is 1. The van der Waals surface area contributed by atoms with Crippen LogP contribution in [0.2, 0.25) is 0 Å². The smallest absolute Gasteiger partial charge is 0.355 e. The summed E-state index contributed by atoms with van der Waals surface area (Å²) in [6, 6.07) is 22.8. The van der Waals surface area contributed by atoms with Crippen molar-refractivity contribution in [1.82, 2.24) is 14.6 Å². The lowest BCUT2D eigenvalue weighted by Gasteiger charge is -2.28. The minimum absolute atomic E-state index is 0.0230. The molecule has 0 amide bonds. The van der Waals surface area contributed by atoms with Gasteiger partial charge >= 0.3 is 11.7 Å². The molecule has 15 heteroatoms. The molecular weight excluding hydrogens is 714 g/mol. The maximum atomic E-state index is 16.0. The quantitative estimate of drug-likeness (QED) is 0.125. The van der Waals surface area contributed by atoms with E-state index >= 15 is 4.39 Å². The summed E-state index contributed by atoms with van der Waals surface area (Å²) in [6.07, 6.45) is 0. The summed E-state index contributed by atoms with van der Waals surface area (Å²) in [7, 11) is 2.48. The number of aromatic nitrogens is 2. The molecule has 274 valence electrons. The molecule has 2 N–H and O–H groups in total. The minimum atomic E-state index is -1.41. The molecule has 2 heterocycles. The van der Waals surface area contributed by atoms with E-state index in [1.165, 1.54) is 30.3 Å². The predicted molar refractivity (Wildman–Crippen MR) is 194 cm³/mol. The molecule has 0 bridgehead atoms. The van der Waals surface area contributed by atoms with Crippen molar-refractivity contribution in [3.63, 3.8) is 0 Å². The molecule has 53 heavy (non-hydrogen) atoms. The number of hydrogen-bond acceptors (Lipinski definition) is 9. The number of nitrogens with zero attached hydrogens (tertiary/aromatic N) is 3. The molecule has 0 saturated carbocycles. The Morgan fingerprint density at radius 1 is 0.868 bits per heavy atom. The fourth-order valence-electron chi connectivity index (χ4n) is 5.85. The van der Waals surface area contributed by atoms with E-state index in [2.05, 4.69) is 5.32 Å². The molecule has 6 aromatic rings. The Bertz CT molecular complexity index is 2380. The van der Waals surface area contributed by atoms with E-state index < -0.39 is 47.0 Å². The van der Waals surface area contributed by atoms with Crippen LogP contribution in [-0.2, 0) is 19.7 Å². The summed E-state index contributed by atoms with van der Waals surface area (Å²) in [6.45, 7) is 0.630. The lowest BCUT2D eigenvalue weighted by molar-refractivity contribution is 0.0704. The number of thiophene rings is 1. The molecule has 0 radical (unpaired) electrons. The third-order valence-electron chi connectivity index (χ3n) is 8.41. The standard InChI is InChI=1S/C38H33F3N4O7S/c1-50-30-14-13-26(39)34(41)25(30)21-52-32-18-28(27(40)17-31(32)51-2)44-36(46)33-29(22-53-35(33)37(47)48)45(38(44)49)43(20-24-11-7-4-8-12-24)16-15-42-19-23-9-5-3-6-10-23/h3-14,17-18,22,42H,15-16,19-21H2,1-2H3,(H,47,48). The van der Waals surface area contributed by atoms with E-state index in [-0.39, 0.29) is 51.7 Å². The maximum Gasteiger partial charge on any atom is 0.355 e.